The molecule has 2 N–H and O–H groups in total. The summed E-state index contributed by atoms with van der Waals surface area (Å²) in [5.41, 5.74) is 1.97. The number of hydrogen-bond donors (Lipinski definition) is 2. The van der Waals surface area contributed by atoms with Crippen LogP contribution in [-0.2, 0) is 20.2 Å². The molecule has 0 aromatic heterocycles. The third-order valence-electron chi connectivity index (χ3n) is 5.14. The molecule has 2 aromatic carbocycles. The molecule has 1 aliphatic carbocycles. The highest BCUT2D eigenvalue weighted by molar-refractivity contribution is 7.92. The predicted octanol–water partition coefficient (Wildman–Crippen LogP) is 3.94. The highest BCUT2D eigenvalue weighted by Crippen LogP contribution is 2.48. The van der Waals surface area contributed by atoms with Gasteiger partial charge >= 0.3 is 0 Å². The van der Waals surface area contributed by atoms with Gasteiger partial charge in [0.25, 0.3) is 10.0 Å². The first-order valence-electron chi connectivity index (χ1n) is 9.41. The van der Waals surface area contributed by atoms with Crippen LogP contribution in [0.1, 0.15) is 43.7 Å². The Labute approximate surface area is 166 Å². The number of sulfonamides is 1. The van der Waals surface area contributed by atoms with Crippen molar-refractivity contribution in [2.45, 2.75) is 42.9 Å². The maximum atomic E-state index is 12.6. The molecule has 5 nitrogen and oxygen atoms in total. The Balaban J connectivity index is 1.73. The van der Waals surface area contributed by atoms with E-state index in [0.717, 1.165) is 24.0 Å². The lowest BCUT2D eigenvalue weighted by Crippen LogP contribution is -2.34. The molecule has 2 aromatic rings. The zero-order valence-corrected chi connectivity index (χ0v) is 17.1. The van der Waals surface area contributed by atoms with Gasteiger partial charge in [0.2, 0.25) is 5.91 Å². The molecule has 0 spiro atoms. The average Bonchev–Trinajstić information content (AvgIpc) is 3.48. The van der Waals surface area contributed by atoms with E-state index >= 15 is 0 Å². The molecule has 0 saturated heterocycles. The molecule has 0 aliphatic heterocycles. The van der Waals surface area contributed by atoms with Crippen LogP contribution in [0.2, 0.25) is 0 Å². The summed E-state index contributed by atoms with van der Waals surface area (Å²) in [5.74, 6) is 0.335. The van der Waals surface area contributed by atoms with E-state index in [-0.39, 0.29) is 10.8 Å². The van der Waals surface area contributed by atoms with E-state index in [9.17, 15) is 13.2 Å². The molecule has 1 fully saturated rings. The third-order valence-corrected chi connectivity index (χ3v) is 6.54. The van der Waals surface area contributed by atoms with Gasteiger partial charge in [0, 0.05) is 12.2 Å². The lowest BCUT2D eigenvalue weighted by Gasteiger charge is -2.16. The standard InChI is InChI=1S/C22H26N2O3S/c1-4-15-23-21(25)22(13-14-22)18-7-9-19(10-8-18)24-28(26,27)20-11-5-17(6-12-20)16(2)3/h4-12,16,24H,1,13-15H2,2-3H3,(H,23,25). The van der Waals surface area contributed by atoms with Crippen LogP contribution in [0, 0.1) is 0 Å². The summed E-state index contributed by atoms with van der Waals surface area (Å²) in [7, 11) is -3.66. The molecular weight excluding hydrogens is 372 g/mol. The molecule has 3 rings (SSSR count). The zero-order chi connectivity index (χ0) is 20.4. The summed E-state index contributed by atoms with van der Waals surface area (Å²) < 4.78 is 27.8. The van der Waals surface area contributed by atoms with E-state index < -0.39 is 15.4 Å². The monoisotopic (exact) mass is 398 g/mol. The fourth-order valence-corrected chi connectivity index (χ4v) is 4.27. The minimum absolute atomic E-state index is 0.00836. The Morgan fingerprint density at radius 2 is 1.71 bits per heavy atom. The lowest BCUT2D eigenvalue weighted by atomic mass is 9.95. The molecule has 28 heavy (non-hydrogen) atoms. The van der Waals surface area contributed by atoms with E-state index in [4.69, 9.17) is 0 Å². The molecule has 0 unspecified atom stereocenters. The van der Waals surface area contributed by atoms with Gasteiger partial charge in [0.05, 0.1) is 10.3 Å². The third kappa shape index (κ3) is 4.12. The summed E-state index contributed by atoms with van der Waals surface area (Å²) >= 11 is 0. The van der Waals surface area contributed by atoms with Crippen LogP contribution >= 0.6 is 0 Å². The molecule has 0 radical (unpaired) electrons. The van der Waals surface area contributed by atoms with Gasteiger partial charge in [-0.25, -0.2) is 8.42 Å². The number of nitrogens with one attached hydrogen (secondary N) is 2. The van der Waals surface area contributed by atoms with Crippen LogP contribution in [0.5, 0.6) is 0 Å². The first kappa shape index (κ1) is 20.1. The van der Waals surface area contributed by atoms with Crippen molar-refractivity contribution in [2.75, 3.05) is 11.3 Å². The highest BCUT2D eigenvalue weighted by Gasteiger charge is 2.50. The molecule has 0 atom stereocenters. The van der Waals surface area contributed by atoms with Crippen molar-refractivity contribution in [1.82, 2.24) is 5.32 Å². The molecule has 0 heterocycles. The molecular formula is C22H26N2O3S. The van der Waals surface area contributed by atoms with Crippen LogP contribution in [0.3, 0.4) is 0 Å². The number of benzene rings is 2. The van der Waals surface area contributed by atoms with Crippen LogP contribution in [0.15, 0.2) is 66.1 Å². The van der Waals surface area contributed by atoms with Gasteiger partial charge in [0.15, 0.2) is 0 Å². The van der Waals surface area contributed by atoms with Crippen molar-refractivity contribution in [3.63, 3.8) is 0 Å². The van der Waals surface area contributed by atoms with Crippen molar-refractivity contribution in [1.29, 1.82) is 0 Å². The van der Waals surface area contributed by atoms with Gasteiger partial charge in [-0.3, -0.25) is 9.52 Å². The smallest absolute Gasteiger partial charge is 0.261 e. The van der Waals surface area contributed by atoms with Gasteiger partial charge in [-0.2, -0.15) is 0 Å². The van der Waals surface area contributed by atoms with E-state index in [1.165, 1.54) is 0 Å². The predicted molar refractivity (Wildman–Crippen MR) is 112 cm³/mol. The molecule has 1 saturated carbocycles. The molecule has 148 valence electrons. The first-order chi connectivity index (χ1) is 13.3. The molecule has 1 amide bonds. The van der Waals surface area contributed by atoms with E-state index in [0.29, 0.717) is 18.2 Å². The Hall–Kier alpha value is -2.60. The number of amides is 1. The Kier molecular flexibility index (Phi) is 5.61. The second kappa shape index (κ2) is 7.80. The van der Waals surface area contributed by atoms with Crippen molar-refractivity contribution in [2.24, 2.45) is 0 Å². The van der Waals surface area contributed by atoms with Crippen molar-refractivity contribution < 1.29 is 13.2 Å². The number of carbonyl (C=O) groups excluding carboxylic acids is 1. The highest BCUT2D eigenvalue weighted by atomic mass is 32.2. The first-order valence-corrected chi connectivity index (χ1v) is 10.9. The summed E-state index contributed by atoms with van der Waals surface area (Å²) in [6.45, 7) is 8.18. The van der Waals surface area contributed by atoms with Crippen molar-refractivity contribution >= 4 is 21.6 Å². The number of rotatable bonds is 8. The Morgan fingerprint density at radius 1 is 1.11 bits per heavy atom. The summed E-state index contributed by atoms with van der Waals surface area (Å²) in [6.07, 6.45) is 3.24. The maximum Gasteiger partial charge on any atom is 0.261 e. The van der Waals surface area contributed by atoms with Crippen molar-refractivity contribution in [3.8, 4) is 0 Å². The van der Waals surface area contributed by atoms with Gasteiger partial charge in [-0.1, -0.05) is 44.2 Å². The Bertz CT molecular complexity index is 958. The maximum absolute atomic E-state index is 12.6. The fourth-order valence-electron chi connectivity index (χ4n) is 3.21. The fraction of sp³-hybridized carbons (Fsp3) is 0.318. The quantitative estimate of drug-likeness (QED) is 0.661. The van der Waals surface area contributed by atoms with Gasteiger partial charge < -0.3 is 5.32 Å². The van der Waals surface area contributed by atoms with Gasteiger partial charge in [0.1, 0.15) is 0 Å². The molecule has 1 aliphatic rings. The van der Waals surface area contributed by atoms with Crippen LogP contribution < -0.4 is 10.0 Å². The van der Waals surface area contributed by atoms with Crippen LogP contribution in [0.4, 0.5) is 5.69 Å². The number of hydrogen-bond acceptors (Lipinski definition) is 3. The normalized spacial score (nSPS) is 15.1. The average molecular weight is 399 g/mol. The second-order valence-corrected chi connectivity index (χ2v) is 9.17. The van der Waals surface area contributed by atoms with E-state index in [2.05, 4.69) is 30.5 Å². The van der Waals surface area contributed by atoms with Gasteiger partial charge in [-0.05, 0) is 54.2 Å². The topological polar surface area (TPSA) is 75.3 Å². The zero-order valence-electron chi connectivity index (χ0n) is 16.2. The SMILES string of the molecule is C=CCNC(=O)C1(c2ccc(NS(=O)(=O)c3ccc(C(C)C)cc3)cc2)CC1. The summed E-state index contributed by atoms with van der Waals surface area (Å²) in [4.78, 5) is 12.6. The van der Waals surface area contributed by atoms with Crippen molar-refractivity contribution in [3.05, 3.63) is 72.3 Å². The number of anilines is 1. The van der Waals surface area contributed by atoms with E-state index in [1.54, 1.807) is 30.3 Å². The summed E-state index contributed by atoms with van der Waals surface area (Å²) in [5, 5.41) is 2.85. The molecule has 0 bridgehead atoms. The minimum Gasteiger partial charge on any atom is -0.352 e. The molecule has 6 heteroatoms. The summed E-state index contributed by atoms with van der Waals surface area (Å²) in [6, 6.07) is 14.0. The Morgan fingerprint density at radius 3 is 2.21 bits per heavy atom. The number of carbonyl (C=O) groups is 1. The van der Waals surface area contributed by atoms with Gasteiger partial charge in [-0.15, -0.1) is 6.58 Å². The van der Waals surface area contributed by atoms with E-state index in [1.807, 2.05) is 24.3 Å². The second-order valence-electron chi connectivity index (χ2n) is 7.49. The largest absolute Gasteiger partial charge is 0.352 e. The van der Waals surface area contributed by atoms with Crippen LogP contribution in [-0.4, -0.2) is 20.9 Å². The minimum atomic E-state index is -3.66. The lowest BCUT2D eigenvalue weighted by molar-refractivity contribution is -0.123. The van der Waals surface area contributed by atoms with Crippen LogP contribution in [0.25, 0.3) is 0 Å².